The van der Waals surface area contributed by atoms with Crippen molar-refractivity contribution >= 4 is 16.5 Å². The number of anilines is 1. The molecule has 0 radical (unpaired) electrons. The van der Waals surface area contributed by atoms with E-state index in [4.69, 9.17) is 4.74 Å². The molecule has 8 heteroatoms. The number of rotatable bonds is 7. The summed E-state index contributed by atoms with van der Waals surface area (Å²) in [4.78, 5) is 12.1. The van der Waals surface area contributed by atoms with Crippen LogP contribution in [-0.2, 0) is 13.0 Å². The number of aromatic nitrogens is 2. The van der Waals surface area contributed by atoms with Crippen molar-refractivity contribution in [1.82, 2.24) is 20.2 Å². The first-order chi connectivity index (χ1) is 12.1. The molecule has 136 valence electrons. The molecule has 3 rings (SSSR count). The van der Waals surface area contributed by atoms with Gasteiger partial charge in [-0.2, -0.15) is 0 Å². The number of pyridine rings is 1. The standard InChI is InChI=1S/C17H25N5O2S/c1-12(23)21-17-20-9-15(25-17)11-22-6-5-18-14(10-22)7-13-3-4-19-16(8-13)24-2/h3-4,8-9,12,14,18,23H,5-7,10-11H2,1-2H3,(H,20,21). The molecule has 2 unspecified atom stereocenters. The quantitative estimate of drug-likeness (QED) is 0.640. The maximum Gasteiger partial charge on any atom is 0.213 e. The number of nitrogens with one attached hydrogen (secondary N) is 2. The molecule has 1 aliphatic rings. The predicted molar refractivity (Wildman–Crippen MR) is 99.0 cm³/mol. The average molecular weight is 363 g/mol. The molecule has 1 aliphatic heterocycles. The first kappa shape index (κ1) is 18.1. The Balaban J connectivity index is 1.54. The molecule has 2 aromatic rings. The van der Waals surface area contributed by atoms with Gasteiger partial charge in [-0.15, -0.1) is 11.3 Å². The predicted octanol–water partition coefficient (Wildman–Crippen LogP) is 1.31. The molecule has 1 saturated heterocycles. The van der Waals surface area contributed by atoms with E-state index in [1.54, 1.807) is 31.6 Å². The Hall–Kier alpha value is -1.74. The molecule has 0 spiro atoms. The van der Waals surface area contributed by atoms with E-state index < -0.39 is 6.23 Å². The molecular formula is C17H25N5O2S. The monoisotopic (exact) mass is 363 g/mol. The van der Waals surface area contributed by atoms with E-state index in [1.165, 1.54) is 10.4 Å². The minimum Gasteiger partial charge on any atom is -0.481 e. The summed E-state index contributed by atoms with van der Waals surface area (Å²) in [5.41, 5.74) is 1.23. The van der Waals surface area contributed by atoms with Gasteiger partial charge in [0.25, 0.3) is 0 Å². The number of aliphatic hydroxyl groups excluding tert-OH is 1. The Morgan fingerprint density at radius 3 is 3.20 bits per heavy atom. The molecular weight excluding hydrogens is 338 g/mol. The second-order valence-electron chi connectivity index (χ2n) is 6.25. The van der Waals surface area contributed by atoms with Crippen molar-refractivity contribution in [3.05, 3.63) is 35.0 Å². The second kappa shape index (κ2) is 8.57. The minimum atomic E-state index is -0.583. The summed E-state index contributed by atoms with van der Waals surface area (Å²) in [5, 5.41) is 16.7. The molecule has 7 nitrogen and oxygen atoms in total. The molecule has 0 amide bonds. The second-order valence-corrected chi connectivity index (χ2v) is 7.36. The van der Waals surface area contributed by atoms with E-state index >= 15 is 0 Å². The fraction of sp³-hybridized carbons (Fsp3) is 0.529. The Bertz CT molecular complexity index is 679. The van der Waals surface area contributed by atoms with Gasteiger partial charge in [-0.1, -0.05) is 0 Å². The Labute approximate surface area is 152 Å². The highest BCUT2D eigenvalue weighted by Gasteiger charge is 2.20. The van der Waals surface area contributed by atoms with Crippen molar-refractivity contribution < 1.29 is 9.84 Å². The van der Waals surface area contributed by atoms with Crippen LogP contribution < -0.4 is 15.4 Å². The lowest BCUT2D eigenvalue weighted by Crippen LogP contribution is -2.51. The van der Waals surface area contributed by atoms with Crippen molar-refractivity contribution in [2.75, 3.05) is 32.1 Å². The van der Waals surface area contributed by atoms with Crippen molar-refractivity contribution in [3.8, 4) is 5.88 Å². The minimum absolute atomic E-state index is 0.406. The van der Waals surface area contributed by atoms with Gasteiger partial charge in [-0.05, 0) is 25.0 Å². The summed E-state index contributed by atoms with van der Waals surface area (Å²) in [7, 11) is 1.64. The van der Waals surface area contributed by atoms with Crippen LogP contribution >= 0.6 is 11.3 Å². The smallest absolute Gasteiger partial charge is 0.213 e. The van der Waals surface area contributed by atoms with Crippen LogP contribution in [0.2, 0.25) is 0 Å². The van der Waals surface area contributed by atoms with Crippen LogP contribution in [-0.4, -0.2) is 59.0 Å². The molecule has 25 heavy (non-hydrogen) atoms. The number of hydrogen-bond donors (Lipinski definition) is 3. The third-order valence-corrected chi connectivity index (χ3v) is 5.01. The first-order valence-corrected chi connectivity index (χ1v) is 9.28. The molecule has 2 aromatic heterocycles. The van der Waals surface area contributed by atoms with Crippen LogP contribution in [0.15, 0.2) is 24.5 Å². The lowest BCUT2D eigenvalue weighted by molar-refractivity contribution is 0.193. The largest absolute Gasteiger partial charge is 0.481 e. The zero-order chi connectivity index (χ0) is 17.6. The Morgan fingerprint density at radius 1 is 1.52 bits per heavy atom. The first-order valence-electron chi connectivity index (χ1n) is 8.46. The van der Waals surface area contributed by atoms with E-state index in [9.17, 15) is 5.11 Å². The number of piperazine rings is 1. The zero-order valence-electron chi connectivity index (χ0n) is 14.6. The van der Waals surface area contributed by atoms with Gasteiger partial charge in [0.1, 0.15) is 6.23 Å². The summed E-state index contributed by atoms with van der Waals surface area (Å²) >= 11 is 1.60. The summed E-state index contributed by atoms with van der Waals surface area (Å²) in [6.45, 7) is 5.56. The Kier molecular flexibility index (Phi) is 6.19. The van der Waals surface area contributed by atoms with Crippen LogP contribution in [0.25, 0.3) is 0 Å². The van der Waals surface area contributed by atoms with E-state index in [1.807, 2.05) is 18.3 Å². The van der Waals surface area contributed by atoms with Gasteiger partial charge >= 0.3 is 0 Å². The van der Waals surface area contributed by atoms with Crippen molar-refractivity contribution in [1.29, 1.82) is 0 Å². The lowest BCUT2D eigenvalue weighted by Gasteiger charge is -2.33. The SMILES string of the molecule is COc1cc(CC2CN(Cc3cnc(NC(C)O)s3)CCN2)ccn1. The number of methoxy groups -OCH3 is 1. The maximum atomic E-state index is 9.37. The Morgan fingerprint density at radius 2 is 2.40 bits per heavy atom. The zero-order valence-corrected chi connectivity index (χ0v) is 15.4. The van der Waals surface area contributed by atoms with E-state index in [0.29, 0.717) is 11.9 Å². The molecule has 1 fully saturated rings. The van der Waals surface area contributed by atoms with Crippen molar-refractivity contribution in [3.63, 3.8) is 0 Å². The van der Waals surface area contributed by atoms with Gasteiger partial charge in [-0.25, -0.2) is 9.97 Å². The molecule has 0 aromatic carbocycles. The third kappa shape index (κ3) is 5.37. The highest BCUT2D eigenvalue weighted by molar-refractivity contribution is 7.15. The summed E-state index contributed by atoms with van der Waals surface area (Å²) in [6, 6.07) is 4.45. The van der Waals surface area contributed by atoms with Gasteiger partial charge in [0.05, 0.1) is 7.11 Å². The summed E-state index contributed by atoms with van der Waals surface area (Å²) in [5.74, 6) is 0.660. The average Bonchev–Trinajstić information content (AvgIpc) is 3.01. The van der Waals surface area contributed by atoms with Crippen LogP contribution in [0.1, 0.15) is 17.4 Å². The fourth-order valence-electron chi connectivity index (χ4n) is 2.99. The van der Waals surface area contributed by atoms with Gasteiger partial charge in [0.15, 0.2) is 5.13 Å². The fourth-order valence-corrected chi connectivity index (χ4v) is 3.93. The number of aliphatic hydroxyl groups is 1. The van der Waals surface area contributed by atoms with Crippen molar-refractivity contribution in [2.45, 2.75) is 32.2 Å². The summed E-state index contributed by atoms with van der Waals surface area (Å²) < 4.78 is 5.20. The molecule has 3 heterocycles. The van der Waals surface area contributed by atoms with Gasteiger partial charge < -0.3 is 20.5 Å². The van der Waals surface area contributed by atoms with Gasteiger partial charge in [0, 0.05) is 55.6 Å². The van der Waals surface area contributed by atoms with Gasteiger partial charge in [-0.3, -0.25) is 4.90 Å². The third-order valence-electron chi connectivity index (χ3n) is 4.10. The number of ether oxygens (including phenoxy) is 1. The highest BCUT2D eigenvalue weighted by Crippen LogP contribution is 2.21. The van der Waals surface area contributed by atoms with E-state index in [2.05, 4.69) is 25.5 Å². The van der Waals surface area contributed by atoms with Crippen molar-refractivity contribution in [2.24, 2.45) is 0 Å². The number of nitrogens with zero attached hydrogens (tertiary/aromatic N) is 3. The topological polar surface area (TPSA) is 82.5 Å². The number of thiazole rings is 1. The van der Waals surface area contributed by atoms with E-state index in [0.717, 1.165) is 37.7 Å². The summed E-state index contributed by atoms with van der Waals surface area (Å²) in [6.07, 6.45) is 4.05. The van der Waals surface area contributed by atoms with Crippen LogP contribution in [0.3, 0.4) is 0 Å². The van der Waals surface area contributed by atoms with Crippen LogP contribution in [0.4, 0.5) is 5.13 Å². The lowest BCUT2D eigenvalue weighted by atomic mass is 10.0. The highest BCUT2D eigenvalue weighted by atomic mass is 32.1. The molecule has 0 aliphatic carbocycles. The molecule has 0 bridgehead atoms. The van der Waals surface area contributed by atoms with Crippen LogP contribution in [0, 0.1) is 0 Å². The number of hydrogen-bond acceptors (Lipinski definition) is 8. The molecule has 2 atom stereocenters. The van der Waals surface area contributed by atoms with Crippen LogP contribution in [0.5, 0.6) is 5.88 Å². The normalized spacial score (nSPS) is 19.6. The molecule has 0 saturated carbocycles. The molecule has 3 N–H and O–H groups in total. The van der Waals surface area contributed by atoms with Gasteiger partial charge in [0.2, 0.25) is 5.88 Å². The maximum absolute atomic E-state index is 9.37. The van der Waals surface area contributed by atoms with E-state index in [-0.39, 0.29) is 0 Å².